The summed E-state index contributed by atoms with van der Waals surface area (Å²) in [5.74, 6) is 0.789. The number of anilines is 1. The Morgan fingerprint density at radius 1 is 1.18 bits per heavy atom. The maximum atomic E-state index is 4.35. The zero-order valence-corrected chi connectivity index (χ0v) is 10.3. The molecule has 6 nitrogen and oxygen atoms in total. The number of nitrogens with one attached hydrogen (secondary N) is 1. The molecule has 0 aromatic carbocycles. The molecule has 0 spiro atoms. The summed E-state index contributed by atoms with van der Waals surface area (Å²) in [6.45, 7) is 4.89. The molecule has 0 bridgehead atoms. The molecule has 0 unspecified atom stereocenters. The van der Waals surface area contributed by atoms with E-state index in [-0.39, 0.29) is 0 Å². The lowest BCUT2D eigenvalue weighted by Crippen LogP contribution is -2.43. The molecule has 1 aliphatic heterocycles. The molecule has 94 valence electrons. The third kappa shape index (κ3) is 2.57. The van der Waals surface area contributed by atoms with Gasteiger partial charge in [-0.25, -0.2) is 0 Å². The van der Waals surface area contributed by atoms with Crippen LogP contribution in [-0.2, 0) is 6.54 Å². The number of aromatic nitrogens is 4. The fourth-order valence-electron chi connectivity index (χ4n) is 2.32. The monoisotopic (exact) mass is 236 g/mol. The molecular formula is C11H20N6. The van der Waals surface area contributed by atoms with E-state index in [0.717, 1.165) is 31.6 Å². The average Bonchev–Trinajstić information content (AvgIpc) is 3.05. The highest BCUT2D eigenvalue weighted by atomic mass is 15.6. The van der Waals surface area contributed by atoms with Gasteiger partial charge >= 0.3 is 0 Å². The summed E-state index contributed by atoms with van der Waals surface area (Å²) in [7, 11) is 0. The molecule has 1 aliphatic carbocycles. The quantitative estimate of drug-likeness (QED) is 0.820. The maximum absolute atomic E-state index is 4.35. The van der Waals surface area contributed by atoms with Gasteiger partial charge in [0, 0.05) is 25.2 Å². The number of piperidine rings is 1. The van der Waals surface area contributed by atoms with Crippen molar-refractivity contribution in [1.29, 1.82) is 0 Å². The lowest BCUT2D eigenvalue weighted by Gasteiger charge is -2.31. The maximum Gasteiger partial charge on any atom is 0.266 e. The smallest absolute Gasteiger partial charge is 0.266 e. The van der Waals surface area contributed by atoms with Crippen molar-refractivity contribution in [1.82, 2.24) is 25.5 Å². The van der Waals surface area contributed by atoms with E-state index in [4.69, 9.17) is 0 Å². The SMILES string of the molecule is CCn1nnc(N2CCC(NC3CC3)CC2)n1. The molecule has 6 heteroatoms. The van der Waals surface area contributed by atoms with Gasteiger partial charge in [-0.05, 0) is 37.8 Å². The van der Waals surface area contributed by atoms with Crippen molar-refractivity contribution in [3.63, 3.8) is 0 Å². The molecule has 1 saturated heterocycles. The van der Waals surface area contributed by atoms with Crippen molar-refractivity contribution < 1.29 is 0 Å². The summed E-state index contributed by atoms with van der Waals surface area (Å²) in [6.07, 6.45) is 5.12. The Labute approximate surface area is 101 Å². The van der Waals surface area contributed by atoms with E-state index in [1.54, 1.807) is 4.80 Å². The summed E-state index contributed by atoms with van der Waals surface area (Å²) in [6, 6.07) is 1.51. The summed E-state index contributed by atoms with van der Waals surface area (Å²) < 4.78 is 0. The summed E-state index contributed by atoms with van der Waals surface area (Å²) >= 11 is 0. The highest BCUT2D eigenvalue weighted by Crippen LogP contribution is 2.23. The third-order valence-electron chi connectivity index (χ3n) is 3.55. The van der Waals surface area contributed by atoms with E-state index in [2.05, 4.69) is 25.6 Å². The summed E-state index contributed by atoms with van der Waals surface area (Å²) in [5, 5.41) is 16.1. The van der Waals surface area contributed by atoms with Gasteiger partial charge in [-0.1, -0.05) is 5.10 Å². The van der Waals surface area contributed by atoms with Gasteiger partial charge in [-0.3, -0.25) is 0 Å². The topological polar surface area (TPSA) is 58.9 Å². The van der Waals surface area contributed by atoms with Crippen molar-refractivity contribution >= 4 is 5.95 Å². The van der Waals surface area contributed by atoms with Crippen LogP contribution in [0.1, 0.15) is 32.6 Å². The molecule has 1 aromatic heterocycles. The molecular weight excluding hydrogens is 216 g/mol. The van der Waals surface area contributed by atoms with Crippen LogP contribution in [0, 0.1) is 0 Å². The van der Waals surface area contributed by atoms with Gasteiger partial charge in [0.1, 0.15) is 0 Å². The van der Waals surface area contributed by atoms with Gasteiger partial charge in [-0.15, -0.1) is 5.10 Å². The van der Waals surface area contributed by atoms with E-state index in [1.807, 2.05) is 6.92 Å². The molecule has 17 heavy (non-hydrogen) atoms. The van der Waals surface area contributed by atoms with E-state index in [1.165, 1.54) is 25.7 Å². The molecule has 1 N–H and O–H groups in total. The van der Waals surface area contributed by atoms with Crippen molar-refractivity contribution in [3.8, 4) is 0 Å². The van der Waals surface area contributed by atoms with Crippen molar-refractivity contribution in [3.05, 3.63) is 0 Å². The molecule has 0 atom stereocenters. The Kier molecular flexibility index (Phi) is 2.96. The first-order valence-corrected chi connectivity index (χ1v) is 6.64. The largest absolute Gasteiger partial charge is 0.338 e. The van der Waals surface area contributed by atoms with Crippen LogP contribution in [-0.4, -0.2) is 45.4 Å². The van der Waals surface area contributed by atoms with Gasteiger partial charge in [0.05, 0.1) is 6.54 Å². The number of hydrogen-bond acceptors (Lipinski definition) is 5. The van der Waals surface area contributed by atoms with Crippen LogP contribution in [0.2, 0.25) is 0 Å². The Bertz CT molecular complexity index is 364. The molecule has 2 heterocycles. The Morgan fingerprint density at radius 2 is 1.88 bits per heavy atom. The Hall–Kier alpha value is -1.17. The van der Waals surface area contributed by atoms with Crippen LogP contribution in [0.3, 0.4) is 0 Å². The van der Waals surface area contributed by atoms with Gasteiger partial charge in [0.15, 0.2) is 0 Å². The van der Waals surface area contributed by atoms with Crippen molar-refractivity contribution in [2.24, 2.45) is 0 Å². The minimum Gasteiger partial charge on any atom is -0.338 e. The van der Waals surface area contributed by atoms with Crippen LogP contribution >= 0.6 is 0 Å². The van der Waals surface area contributed by atoms with Gasteiger partial charge < -0.3 is 10.2 Å². The zero-order valence-electron chi connectivity index (χ0n) is 10.3. The minimum absolute atomic E-state index is 0.694. The van der Waals surface area contributed by atoms with E-state index in [0.29, 0.717) is 6.04 Å². The predicted octanol–water partition coefficient (Wildman–Crippen LogP) is 0.414. The first-order chi connectivity index (χ1) is 8.35. The average molecular weight is 236 g/mol. The fraction of sp³-hybridized carbons (Fsp3) is 0.909. The summed E-state index contributed by atoms with van der Waals surface area (Å²) in [4.78, 5) is 3.88. The van der Waals surface area contributed by atoms with Crippen LogP contribution in [0.4, 0.5) is 5.95 Å². The standard InChI is InChI=1S/C11H20N6/c1-2-17-14-11(13-15-17)16-7-5-10(6-8-16)12-9-3-4-9/h9-10,12H,2-8H2,1H3. The normalized spacial score (nSPS) is 22.1. The van der Waals surface area contributed by atoms with Crippen molar-refractivity contribution in [2.45, 2.75) is 51.2 Å². The van der Waals surface area contributed by atoms with Crippen LogP contribution < -0.4 is 10.2 Å². The Balaban J connectivity index is 1.52. The number of rotatable bonds is 4. The first-order valence-electron chi connectivity index (χ1n) is 6.64. The number of aryl methyl sites for hydroxylation is 1. The van der Waals surface area contributed by atoms with E-state index >= 15 is 0 Å². The fourth-order valence-corrected chi connectivity index (χ4v) is 2.32. The van der Waals surface area contributed by atoms with Crippen LogP contribution in [0.5, 0.6) is 0 Å². The highest BCUT2D eigenvalue weighted by molar-refractivity contribution is 5.27. The van der Waals surface area contributed by atoms with Crippen molar-refractivity contribution in [2.75, 3.05) is 18.0 Å². The lowest BCUT2D eigenvalue weighted by atomic mass is 10.1. The van der Waals surface area contributed by atoms with E-state index in [9.17, 15) is 0 Å². The second-order valence-electron chi connectivity index (χ2n) is 4.98. The minimum atomic E-state index is 0.694. The second kappa shape index (κ2) is 4.60. The van der Waals surface area contributed by atoms with Gasteiger partial charge in [0.2, 0.25) is 0 Å². The third-order valence-corrected chi connectivity index (χ3v) is 3.55. The molecule has 2 fully saturated rings. The molecule has 0 radical (unpaired) electrons. The molecule has 1 saturated carbocycles. The molecule has 0 amide bonds. The number of nitrogens with zero attached hydrogens (tertiary/aromatic N) is 5. The van der Waals surface area contributed by atoms with Crippen LogP contribution in [0.25, 0.3) is 0 Å². The molecule has 2 aliphatic rings. The Morgan fingerprint density at radius 3 is 2.47 bits per heavy atom. The number of tetrazole rings is 1. The van der Waals surface area contributed by atoms with Gasteiger partial charge in [-0.2, -0.15) is 4.80 Å². The van der Waals surface area contributed by atoms with Gasteiger partial charge in [0.25, 0.3) is 5.95 Å². The molecule has 1 aromatic rings. The highest BCUT2D eigenvalue weighted by Gasteiger charge is 2.28. The van der Waals surface area contributed by atoms with E-state index < -0.39 is 0 Å². The predicted molar refractivity (Wildman–Crippen MR) is 64.9 cm³/mol. The lowest BCUT2D eigenvalue weighted by molar-refractivity contribution is 0.409. The number of hydrogen-bond donors (Lipinski definition) is 1. The first kappa shape index (κ1) is 11.0. The molecule has 3 rings (SSSR count). The second-order valence-corrected chi connectivity index (χ2v) is 4.98. The van der Waals surface area contributed by atoms with Crippen LogP contribution in [0.15, 0.2) is 0 Å². The summed E-state index contributed by atoms with van der Waals surface area (Å²) in [5.41, 5.74) is 0. The zero-order chi connectivity index (χ0) is 11.7.